The van der Waals surface area contributed by atoms with Crippen molar-refractivity contribution in [2.45, 2.75) is 0 Å². The Kier molecular flexibility index (Phi) is 6.65. The molecule has 148 valence electrons. The third-order valence-electron chi connectivity index (χ3n) is 3.41. The Balaban J connectivity index is 0.000000176. The van der Waals surface area contributed by atoms with Crippen LogP contribution >= 0.6 is 68.4 Å². The zero-order chi connectivity index (χ0) is 20.6. The molecule has 0 fully saturated rings. The van der Waals surface area contributed by atoms with Crippen molar-refractivity contribution in [1.29, 1.82) is 0 Å². The second kappa shape index (κ2) is 8.51. The number of nitrogens with one attached hydrogen (secondary N) is 1. The van der Waals surface area contributed by atoms with E-state index in [1.807, 2.05) is 28.8 Å². The molecule has 4 heterocycles. The van der Waals surface area contributed by atoms with Crippen molar-refractivity contribution in [3.63, 3.8) is 0 Å². The molecule has 0 amide bonds. The fraction of sp³-hybridized carbons (Fsp3) is 0.143. The zero-order valence-electron chi connectivity index (χ0n) is 14.2. The van der Waals surface area contributed by atoms with Gasteiger partial charge in [0, 0.05) is 26.5 Å². The lowest BCUT2D eigenvalue weighted by molar-refractivity contribution is 0.512. The number of H-pyrrole nitrogens is 1. The van der Waals surface area contributed by atoms with Gasteiger partial charge in [-0.25, -0.2) is 23.9 Å². The molecule has 0 saturated carbocycles. The molecule has 0 bridgehead atoms. The van der Waals surface area contributed by atoms with E-state index in [1.165, 1.54) is 26.5 Å². The second-order valence-corrected chi connectivity index (χ2v) is 10.6. The minimum Gasteiger partial charge on any atom is -0.344 e. The van der Waals surface area contributed by atoms with Gasteiger partial charge in [0.15, 0.2) is 11.3 Å². The maximum absolute atomic E-state index is 12.0. The summed E-state index contributed by atoms with van der Waals surface area (Å²) in [5, 5.41) is 0.568. The van der Waals surface area contributed by atoms with Crippen molar-refractivity contribution in [1.82, 2.24) is 33.2 Å². The predicted molar refractivity (Wildman–Crippen MR) is 125 cm³/mol. The van der Waals surface area contributed by atoms with Gasteiger partial charge in [0.2, 0.25) is 0 Å². The SMILES string of the molecule is CN(C)S(=O)(=O)n1cc(I)c2ncc(Cl)nc21.Clc1cnc2c(I)c[nH]c2n1. The van der Waals surface area contributed by atoms with Crippen molar-refractivity contribution in [3.05, 3.63) is 42.2 Å². The van der Waals surface area contributed by atoms with E-state index >= 15 is 0 Å². The van der Waals surface area contributed by atoms with Crippen molar-refractivity contribution in [2.24, 2.45) is 0 Å². The molecule has 4 rings (SSSR count). The average molecular weight is 666 g/mol. The van der Waals surface area contributed by atoms with E-state index in [4.69, 9.17) is 23.2 Å². The number of fused-ring (bicyclic) bond motifs is 2. The quantitative estimate of drug-likeness (QED) is 0.328. The van der Waals surface area contributed by atoms with Crippen LogP contribution in [0.2, 0.25) is 10.3 Å². The van der Waals surface area contributed by atoms with Crippen LogP contribution in [0.15, 0.2) is 24.8 Å². The number of rotatable bonds is 2. The summed E-state index contributed by atoms with van der Waals surface area (Å²) in [5.74, 6) is 0. The maximum atomic E-state index is 12.0. The molecule has 9 nitrogen and oxygen atoms in total. The summed E-state index contributed by atoms with van der Waals surface area (Å²) in [6, 6.07) is 0. The molecular weight excluding hydrogens is 655 g/mol. The normalized spacial score (nSPS) is 11.8. The summed E-state index contributed by atoms with van der Waals surface area (Å²) in [6.07, 6.45) is 6.25. The largest absolute Gasteiger partial charge is 0.344 e. The molecule has 0 aliphatic rings. The monoisotopic (exact) mass is 665 g/mol. The van der Waals surface area contributed by atoms with Crippen molar-refractivity contribution < 1.29 is 8.42 Å². The molecule has 4 aromatic heterocycles. The summed E-state index contributed by atoms with van der Waals surface area (Å²) in [4.78, 5) is 19.2. The molecule has 4 aromatic rings. The van der Waals surface area contributed by atoms with E-state index < -0.39 is 10.2 Å². The first-order valence-electron chi connectivity index (χ1n) is 7.38. The lowest BCUT2D eigenvalue weighted by Crippen LogP contribution is -2.28. The van der Waals surface area contributed by atoms with Crippen LogP contribution in [-0.4, -0.2) is 55.7 Å². The van der Waals surface area contributed by atoms with Crippen LogP contribution in [0.25, 0.3) is 22.3 Å². The van der Waals surface area contributed by atoms with Crippen LogP contribution in [0, 0.1) is 7.14 Å². The number of nitrogens with zero attached hydrogens (tertiary/aromatic N) is 6. The van der Waals surface area contributed by atoms with Gasteiger partial charge < -0.3 is 4.98 Å². The number of halogens is 4. The molecule has 1 N–H and O–H groups in total. The van der Waals surface area contributed by atoms with Crippen molar-refractivity contribution in [3.8, 4) is 0 Å². The average Bonchev–Trinajstić information content (AvgIpc) is 3.15. The number of hydrogen-bond donors (Lipinski definition) is 1. The maximum Gasteiger partial charge on any atom is 0.308 e. The van der Waals surface area contributed by atoms with E-state index in [0.717, 1.165) is 23.0 Å². The third-order valence-corrected chi connectivity index (χ3v) is 7.08. The van der Waals surface area contributed by atoms with Crippen LogP contribution in [0.5, 0.6) is 0 Å². The lowest BCUT2D eigenvalue weighted by atomic mass is 10.5. The van der Waals surface area contributed by atoms with Crippen LogP contribution in [0.3, 0.4) is 0 Å². The van der Waals surface area contributed by atoms with Gasteiger partial charge in [0.25, 0.3) is 0 Å². The highest BCUT2D eigenvalue weighted by atomic mass is 127. The number of hydrogen-bond acceptors (Lipinski definition) is 6. The minimum absolute atomic E-state index is 0.155. The summed E-state index contributed by atoms with van der Waals surface area (Å²) < 4.78 is 28.0. The summed E-state index contributed by atoms with van der Waals surface area (Å²) in [7, 11) is -0.715. The zero-order valence-corrected chi connectivity index (χ0v) is 20.9. The highest BCUT2D eigenvalue weighted by Gasteiger charge is 2.22. The van der Waals surface area contributed by atoms with Gasteiger partial charge in [-0.2, -0.15) is 12.7 Å². The Hall–Kier alpha value is -0.810. The van der Waals surface area contributed by atoms with Crippen LogP contribution in [0.1, 0.15) is 0 Å². The first-order chi connectivity index (χ1) is 13.1. The molecule has 0 aliphatic heterocycles. The summed E-state index contributed by atoms with van der Waals surface area (Å²) in [6.45, 7) is 0. The van der Waals surface area contributed by atoms with E-state index in [2.05, 4.69) is 47.5 Å². The van der Waals surface area contributed by atoms with Crippen molar-refractivity contribution in [2.75, 3.05) is 14.1 Å². The molecular formula is C14H11Cl2I2N7O2S. The highest BCUT2D eigenvalue weighted by molar-refractivity contribution is 14.1. The molecule has 28 heavy (non-hydrogen) atoms. The first-order valence-corrected chi connectivity index (χ1v) is 11.7. The number of aromatic nitrogens is 6. The highest BCUT2D eigenvalue weighted by Crippen LogP contribution is 2.23. The van der Waals surface area contributed by atoms with Crippen LogP contribution in [-0.2, 0) is 10.2 Å². The first kappa shape index (κ1) is 21.9. The molecule has 0 unspecified atom stereocenters. The Labute approximate surface area is 197 Å². The van der Waals surface area contributed by atoms with Gasteiger partial charge in [-0.05, 0) is 45.2 Å². The fourth-order valence-electron chi connectivity index (χ4n) is 2.10. The van der Waals surface area contributed by atoms with E-state index in [-0.39, 0.29) is 10.8 Å². The smallest absolute Gasteiger partial charge is 0.308 e. The van der Waals surface area contributed by atoms with Gasteiger partial charge in [0.05, 0.1) is 19.5 Å². The lowest BCUT2D eigenvalue weighted by Gasteiger charge is -2.12. The Morgan fingerprint density at radius 1 is 1.04 bits per heavy atom. The third kappa shape index (κ3) is 4.35. The topological polar surface area (TPSA) is 110 Å². The van der Waals surface area contributed by atoms with Crippen molar-refractivity contribution >= 4 is 101 Å². The summed E-state index contributed by atoms with van der Waals surface area (Å²) >= 11 is 15.6. The molecule has 0 saturated heterocycles. The predicted octanol–water partition coefficient (Wildman–Crippen LogP) is 3.56. The van der Waals surface area contributed by atoms with E-state index in [9.17, 15) is 8.42 Å². The molecule has 0 aromatic carbocycles. The van der Waals surface area contributed by atoms with Gasteiger partial charge in [-0.3, -0.25) is 0 Å². The van der Waals surface area contributed by atoms with E-state index in [1.54, 1.807) is 6.20 Å². The van der Waals surface area contributed by atoms with Gasteiger partial charge in [-0.15, -0.1) is 0 Å². The molecule has 0 atom stereocenters. The Bertz CT molecular complexity index is 1270. The number of aromatic amines is 1. The van der Waals surface area contributed by atoms with Crippen LogP contribution in [0.4, 0.5) is 0 Å². The molecule has 14 heteroatoms. The summed E-state index contributed by atoms with van der Waals surface area (Å²) in [5.41, 5.74) is 2.35. The standard InChI is InChI=1S/C8H8ClIN4O2S.C6H3ClIN3/c1-13(2)17(15,16)14-4-5(10)7-8(14)12-6(9)3-11-7;7-4-2-9-5-3(8)1-10-6(5)11-4/h3-4H,1-2H3;1-2H,(H,10,11). The van der Waals surface area contributed by atoms with Gasteiger partial charge in [0.1, 0.15) is 21.3 Å². The Morgan fingerprint density at radius 3 is 2.29 bits per heavy atom. The van der Waals surface area contributed by atoms with Gasteiger partial charge in [-0.1, -0.05) is 23.2 Å². The fourth-order valence-corrected chi connectivity index (χ4v) is 4.70. The molecule has 0 aliphatic carbocycles. The Morgan fingerprint density at radius 2 is 1.64 bits per heavy atom. The second-order valence-electron chi connectivity index (χ2n) is 5.45. The van der Waals surface area contributed by atoms with Crippen LogP contribution < -0.4 is 0 Å². The minimum atomic E-state index is -3.62. The molecule has 0 radical (unpaired) electrons. The molecule has 0 spiro atoms. The van der Waals surface area contributed by atoms with Gasteiger partial charge >= 0.3 is 10.2 Å². The van der Waals surface area contributed by atoms with E-state index in [0.29, 0.717) is 14.2 Å².